The maximum Gasteiger partial charge on any atom is 0.119 e. The first-order valence-corrected chi connectivity index (χ1v) is 6.62. The Kier molecular flexibility index (Phi) is 6.06. The molecule has 0 radical (unpaired) electrons. The maximum absolute atomic E-state index is 5.46. The topological polar surface area (TPSA) is 21.3 Å². The van der Waals surface area contributed by atoms with Crippen LogP contribution >= 0.6 is 0 Å². The monoisotopic (exact) mass is 235 g/mol. The van der Waals surface area contributed by atoms with Crippen LogP contribution in [0.4, 0.5) is 0 Å². The molecule has 96 valence electrons. The Labute approximate surface area is 105 Å². The summed E-state index contributed by atoms with van der Waals surface area (Å²) in [7, 11) is 2.05. The van der Waals surface area contributed by atoms with Gasteiger partial charge in [0.25, 0.3) is 0 Å². The average Bonchev–Trinajstić information content (AvgIpc) is 2.36. The van der Waals surface area contributed by atoms with Crippen LogP contribution in [-0.2, 0) is 0 Å². The van der Waals surface area contributed by atoms with Crippen LogP contribution in [0.2, 0.25) is 0 Å². The van der Waals surface area contributed by atoms with Gasteiger partial charge >= 0.3 is 0 Å². The molecule has 0 aliphatic rings. The van der Waals surface area contributed by atoms with Gasteiger partial charge in [-0.1, -0.05) is 32.4 Å². The van der Waals surface area contributed by atoms with E-state index < -0.39 is 0 Å². The van der Waals surface area contributed by atoms with Crippen molar-refractivity contribution in [3.8, 4) is 5.75 Å². The minimum absolute atomic E-state index is 0.538. The highest BCUT2D eigenvalue weighted by atomic mass is 16.5. The molecule has 17 heavy (non-hydrogen) atoms. The van der Waals surface area contributed by atoms with Gasteiger partial charge in [0, 0.05) is 6.04 Å². The molecule has 0 spiro atoms. The Bertz CT molecular complexity index is 307. The van der Waals surface area contributed by atoms with Gasteiger partial charge < -0.3 is 10.1 Å². The number of likely N-dealkylation sites (N-methyl/N-ethyl adjacent to an activating group) is 1. The molecule has 0 saturated heterocycles. The number of rotatable bonds is 7. The van der Waals surface area contributed by atoms with E-state index in [0.29, 0.717) is 12.0 Å². The van der Waals surface area contributed by atoms with Gasteiger partial charge in [0.05, 0.1) is 6.61 Å². The van der Waals surface area contributed by atoms with Crippen LogP contribution < -0.4 is 10.1 Å². The second-order valence-electron chi connectivity index (χ2n) is 4.47. The standard InChI is InChI=1S/C15H25NO/c1-5-7-15(16-4)12(3)13-8-10-14(11-9-13)17-6-2/h8-12,15-16H,5-7H2,1-4H3. The van der Waals surface area contributed by atoms with Crippen molar-refractivity contribution in [2.24, 2.45) is 0 Å². The second-order valence-corrected chi connectivity index (χ2v) is 4.47. The van der Waals surface area contributed by atoms with E-state index in [2.05, 4.69) is 43.4 Å². The summed E-state index contributed by atoms with van der Waals surface area (Å²) in [5.41, 5.74) is 1.38. The summed E-state index contributed by atoms with van der Waals surface area (Å²) >= 11 is 0. The lowest BCUT2D eigenvalue weighted by Crippen LogP contribution is -2.30. The zero-order chi connectivity index (χ0) is 12.7. The van der Waals surface area contributed by atoms with Gasteiger partial charge in [0.2, 0.25) is 0 Å². The van der Waals surface area contributed by atoms with Crippen molar-refractivity contribution < 1.29 is 4.74 Å². The van der Waals surface area contributed by atoms with E-state index in [9.17, 15) is 0 Å². The first-order valence-electron chi connectivity index (χ1n) is 6.62. The van der Waals surface area contributed by atoms with Crippen LogP contribution in [0.5, 0.6) is 5.75 Å². The van der Waals surface area contributed by atoms with E-state index in [1.165, 1.54) is 18.4 Å². The molecule has 1 rings (SSSR count). The van der Waals surface area contributed by atoms with E-state index in [-0.39, 0.29) is 0 Å². The van der Waals surface area contributed by atoms with Gasteiger partial charge in [0.15, 0.2) is 0 Å². The minimum atomic E-state index is 0.538. The van der Waals surface area contributed by atoms with Crippen LogP contribution in [0, 0.1) is 0 Å². The Morgan fingerprint density at radius 3 is 2.29 bits per heavy atom. The van der Waals surface area contributed by atoms with Gasteiger partial charge in [-0.2, -0.15) is 0 Å². The highest BCUT2D eigenvalue weighted by Gasteiger charge is 2.16. The van der Waals surface area contributed by atoms with Gasteiger partial charge in [-0.05, 0) is 44.0 Å². The van der Waals surface area contributed by atoms with Crippen molar-refractivity contribution >= 4 is 0 Å². The molecular weight excluding hydrogens is 210 g/mol. The van der Waals surface area contributed by atoms with Gasteiger partial charge in [-0.3, -0.25) is 0 Å². The highest BCUT2D eigenvalue weighted by molar-refractivity contribution is 5.29. The third kappa shape index (κ3) is 4.04. The molecule has 0 amide bonds. The number of hydrogen-bond acceptors (Lipinski definition) is 2. The van der Waals surface area contributed by atoms with Crippen molar-refractivity contribution in [1.29, 1.82) is 0 Å². The summed E-state index contributed by atoms with van der Waals surface area (Å²) < 4.78 is 5.46. The summed E-state index contributed by atoms with van der Waals surface area (Å²) in [5.74, 6) is 1.50. The zero-order valence-corrected chi connectivity index (χ0v) is 11.5. The molecule has 1 aromatic carbocycles. The van der Waals surface area contributed by atoms with Crippen molar-refractivity contribution in [1.82, 2.24) is 5.32 Å². The lowest BCUT2D eigenvalue weighted by Gasteiger charge is -2.23. The summed E-state index contributed by atoms with van der Waals surface area (Å²) in [4.78, 5) is 0. The third-order valence-corrected chi connectivity index (χ3v) is 3.29. The summed E-state index contributed by atoms with van der Waals surface area (Å²) in [6, 6.07) is 9.03. The van der Waals surface area contributed by atoms with Crippen LogP contribution in [-0.4, -0.2) is 19.7 Å². The molecule has 1 N–H and O–H groups in total. The van der Waals surface area contributed by atoms with Crippen molar-refractivity contribution in [3.05, 3.63) is 29.8 Å². The first kappa shape index (κ1) is 14.0. The summed E-state index contributed by atoms with van der Waals surface area (Å²) in [5, 5.41) is 3.41. The molecule has 0 fully saturated rings. The fourth-order valence-electron chi connectivity index (χ4n) is 2.22. The molecule has 2 atom stereocenters. The number of hydrogen-bond donors (Lipinski definition) is 1. The fourth-order valence-corrected chi connectivity index (χ4v) is 2.22. The van der Waals surface area contributed by atoms with Crippen LogP contribution in [0.3, 0.4) is 0 Å². The van der Waals surface area contributed by atoms with E-state index in [1.807, 2.05) is 14.0 Å². The number of ether oxygens (including phenoxy) is 1. The molecular formula is C15H25NO. The summed E-state index contributed by atoms with van der Waals surface area (Å²) in [6.07, 6.45) is 2.43. The molecule has 2 heteroatoms. The molecule has 0 bridgehead atoms. The lowest BCUT2D eigenvalue weighted by molar-refractivity contribution is 0.340. The Morgan fingerprint density at radius 1 is 1.18 bits per heavy atom. The molecule has 0 saturated carbocycles. The predicted molar refractivity (Wildman–Crippen MR) is 73.8 cm³/mol. The largest absolute Gasteiger partial charge is 0.494 e. The smallest absolute Gasteiger partial charge is 0.119 e. The normalized spacial score (nSPS) is 14.4. The number of benzene rings is 1. The molecule has 0 aliphatic carbocycles. The van der Waals surface area contributed by atoms with E-state index in [0.717, 1.165) is 12.4 Å². The molecule has 0 aromatic heterocycles. The lowest BCUT2D eigenvalue weighted by atomic mass is 9.90. The third-order valence-electron chi connectivity index (χ3n) is 3.29. The first-order chi connectivity index (χ1) is 8.22. The Balaban J connectivity index is 2.70. The minimum Gasteiger partial charge on any atom is -0.494 e. The Morgan fingerprint density at radius 2 is 1.82 bits per heavy atom. The van der Waals surface area contributed by atoms with Crippen molar-refractivity contribution in [2.75, 3.05) is 13.7 Å². The molecule has 2 unspecified atom stereocenters. The second kappa shape index (κ2) is 7.33. The predicted octanol–water partition coefficient (Wildman–Crippen LogP) is 3.58. The van der Waals surface area contributed by atoms with Gasteiger partial charge in [-0.15, -0.1) is 0 Å². The Hall–Kier alpha value is -1.02. The van der Waals surface area contributed by atoms with Gasteiger partial charge in [-0.25, -0.2) is 0 Å². The van der Waals surface area contributed by atoms with Crippen LogP contribution in [0.15, 0.2) is 24.3 Å². The fraction of sp³-hybridized carbons (Fsp3) is 0.600. The van der Waals surface area contributed by atoms with Crippen molar-refractivity contribution in [3.63, 3.8) is 0 Å². The quantitative estimate of drug-likeness (QED) is 0.780. The number of nitrogens with one attached hydrogen (secondary N) is 1. The molecule has 2 nitrogen and oxygen atoms in total. The van der Waals surface area contributed by atoms with Crippen molar-refractivity contribution in [2.45, 2.75) is 45.6 Å². The molecule has 0 heterocycles. The van der Waals surface area contributed by atoms with Crippen LogP contribution in [0.1, 0.15) is 45.1 Å². The van der Waals surface area contributed by atoms with Gasteiger partial charge in [0.1, 0.15) is 5.75 Å². The maximum atomic E-state index is 5.46. The molecule has 0 aliphatic heterocycles. The van der Waals surface area contributed by atoms with E-state index in [1.54, 1.807) is 0 Å². The molecule has 1 aromatic rings. The zero-order valence-electron chi connectivity index (χ0n) is 11.5. The van der Waals surface area contributed by atoms with Crippen LogP contribution in [0.25, 0.3) is 0 Å². The highest BCUT2D eigenvalue weighted by Crippen LogP contribution is 2.24. The van der Waals surface area contributed by atoms with E-state index in [4.69, 9.17) is 4.74 Å². The average molecular weight is 235 g/mol. The SMILES string of the molecule is CCCC(NC)C(C)c1ccc(OCC)cc1. The van der Waals surface area contributed by atoms with E-state index >= 15 is 0 Å². The summed E-state index contributed by atoms with van der Waals surface area (Å²) in [6.45, 7) is 7.25.